The minimum atomic E-state index is -4.28. The molecule has 0 aliphatic carbocycles. The minimum absolute atomic E-state index is 0.0869. The number of nitrogens with zero attached hydrogens (tertiary/aromatic N) is 1. The lowest BCUT2D eigenvalue weighted by atomic mass is 10.0. The molecule has 0 aromatic heterocycles. The second kappa shape index (κ2) is 44.1. The van der Waals surface area contributed by atoms with Crippen molar-refractivity contribution in [2.45, 2.75) is 219 Å². The molecule has 60 heavy (non-hydrogen) atoms. The number of ether oxygens (including phenoxy) is 2. The largest absolute Gasteiger partial charge is 0.472 e. The van der Waals surface area contributed by atoms with Gasteiger partial charge in [0.05, 0.1) is 34.4 Å². The van der Waals surface area contributed by atoms with Crippen LogP contribution in [-0.2, 0) is 27.9 Å². The first-order valence-corrected chi connectivity index (χ1v) is 26.4. The Balaban J connectivity index is 4.17. The van der Waals surface area contributed by atoms with Gasteiger partial charge >= 0.3 is 13.8 Å². The quantitative estimate of drug-likeness (QED) is 0.0214. The summed E-state index contributed by atoms with van der Waals surface area (Å²) in [7, 11) is 1.66. The molecule has 0 spiro atoms. The summed E-state index contributed by atoms with van der Waals surface area (Å²) in [5.41, 5.74) is 0. The van der Waals surface area contributed by atoms with Crippen LogP contribution in [0.4, 0.5) is 0 Å². The summed E-state index contributed by atoms with van der Waals surface area (Å²) in [6, 6.07) is 0. The van der Waals surface area contributed by atoms with E-state index in [0.717, 1.165) is 64.2 Å². The molecule has 352 valence electrons. The van der Waals surface area contributed by atoms with E-state index in [1.807, 2.05) is 21.1 Å². The fraction of sp³-hybridized carbons (Fsp3) is 0.824. The minimum Gasteiger partial charge on any atom is -0.457 e. The monoisotopic (exact) mass is 867 g/mol. The van der Waals surface area contributed by atoms with Crippen LogP contribution < -0.4 is 0 Å². The Bertz CT molecular complexity index is 1100. The molecule has 0 aromatic rings. The Morgan fingerprint density at radius 3 is 1.45 bits per heavy atom. The average molecular weight is 867 g/mol. The van der Waals surface area contributed by atoms with Crippen molar-refractivity contribution in [2.75, 3.05) is 54.1 Å². The van der Waals surface area contributed by atoms with E-state index in [1.54, 1.807) is 0 Å². The van der Waals surface area contributed by atoms with Gasteiger partial charge in [0.2, 0.25) is 0 Å². The summed E-state index contributed by atoms with van der Waals surface area (Å²) >= 11 is 0. The Morgan fingerprint density at radius 2 is 0.967 bits per heavy atom. The van der Waals surface area contributed by atoms with Crippen molar-refractivity contribution >= 4 is 13.8 Å². The number of esters is 1. The number of allylic oxidation sites excluding steroid dienone is 8. The highest BCUT2D eigenvalue weighted by Crippen LogP contribution is 2.43. The van der Waals surface area contributed by atoms with Crippen molar-refractivity contribution in [3.8, 4) is 0 Å². The summed E-state index contributed by atoms with van der Waals surface area (Å²) < 4.78 is 35.1. The summed E-state index contributed by atoms with van der Waals surface area (Å²) in [5, 5.41) is 0. The Kier molecular flexibility index (Phi) is 43.0. The number of phosphoric ester groups is 1. The van der Waals surface area contributed by atoms with Crippen LogP contribution >= 0.6 is 7.82 Å². The summed E-state index contributed by atoms with van der Waals surface area (Å²) in [5.74, 6) is -0.320. The van der Waals surface area contributed by atoms with Crippen LogP contribution in [0.2, 0.25) is 0 Å². The predicted molar refractivity (Wildman–Crippen MR) is 256 cm³/mol. The number of carbonyl (C=O) groups is 1. The smallest absolute Gasteiger partial charge is 0.457 e. The molecule has 8 nitrogen and oxygen atoms in total. The molecule has 0 fully saturated rings. The Labute approximate surface area is 371 Å². The number of likely N-dealkylation sites (N-methyl/N-ethyl adjacent to an activating group) is 1. The number of hydrogen-bond donors (Lipinski definition) is 1. The molecular weight excluding hydrogens is 770 g/mol. The lowest BCUT2D eigenvalue weighted by Crippen LogP contribution is -2.37. The highest BCUT2D eigenvalue weighted by molar-refractivity contribution is 7.47. The second-order valence-corrected chi connectivity index (χ2v) is 19.3. The van der Waals surface area contributed by atoms with Gasteiger partial charge in [-0.25, -0.2) is 4.57 Å². The Morgan fingerprint density at radius 1 is 0.533 bits per heavy atom. The van der Waals surface area contributed by atoms with Gasteiger partial charge in [-0.3, -0.25) is 13.8 Å². The number of rotatable bonds is 46. The van der Waals surface area contributed by atoms with E-state index in [9.17, 15) is 14.3 Å². The maximum absolute atomic E-state index is 12.7. The number of phosphoric acid groups is 1. The lowest BCUT2D eigenvalue weighted by Gasteiger charge is -2.24. The normalized spacial score (nSPS) is 14.0. The van der Waals surface area contributed by atoms with E-state index in [2.05, 4.69) is 62.5 Å². The zero-order valence-corrected chi connectivity index (χ0v) is 40.8. The molecule has 1 N–H and O–H groups in total. The molecule has 0 rings (SSSR count). The third-order valence-corrected chi connectivity index (χ3v) is 11.6. The molecule has 9 heteroatoms. The zero-order valence-electron chi connectivity index (χ0n) is 39.9. The highest BCUT2D eigenvalue weighted by atomic mass is 31.2. The van der Waals surface area contributed by atoms with Crippen molar-refractivity contribution in [3.63, 3.8) is 0 Å². The van der Waals surface area contributed by atoms with Crippen LogP contribution in [0.5, 0.6) is 0 Å². The third-order valence-electron chi connectivity index (χ3n) is 10.7. The summed E-state index contributed by atoms with van der Waals surface area (Å²) in [4.78, 5) is 23.0. The maximum Gasteiger partial charge on any atom is 0.472 e. The first-order chi connectivity index (χ1) is 29.1. The van der Waals surface area contributed by atoms with Gasteiger partial charge < -0.3 is 18.9 Å². The van der Waals surface area contributed by atoms with Crippen molar-refractivity contribution in [1.82, 2.24) is 0 Å². The number of unbranched alkanes of at least 4 members (excludes halogenated alkanes) is 24. The molecular formula is C51H97NO7P+. The molecule has 0 heterocycles. The molecule has 0 aromatic carbocycles. The van der Waals surface area contributed by atoms with Gasteiger partial charge in [-0.05, 0) is 51.4 Å². The molecule has 0 bridgehead atoms. The number of hydrogen-bond acceptors (Lipinski definition) is 6. The molecule has 0 saturated heterocycles. The SMILES string of the molecule is CC/C=C\C/C=C\C/C=C\C/C=C\CCCCCCCCCCC(=O)OC(COCCCCCCCCCCCCCCCCCCC)COP(=O)(O)OCC[N+](C)(C)C. The van der Waals surface area contributed by atoms with Crippen molar-refractivity contribution < 1.29 is 37.3 Å². The zero-order chi connectivity index (χ0) is 44.1. The first-order valence-electron chi connectivity index (χ1n) is 24.9. The second-order valence-electron chi connectivity index (χ2n) is 17.8. The van der Waals surface area contributed by atoms with Crippen molar-refractivity contribution in [3.05, 3.63) is 48.6 Å². The highest BCUT2D eigenvalue weighted by Gasteiger charge is 2.26. The molecule has 0 aliphatic heterocycles. The van der Waals surface area contributed by atoms with Gasteiger partial charge in [-0.1, -0.05) is 204 Å². The van der Waals surface area contributed by atoms with Crippen LogP contribution in [0.3, 0.4) is 0 Å². The fourth-order valence-corrected chi connectivity index (χ4v) is 7.58. The van der Waals surface area contributed by atoms with Crippen LogP contribution in [0.25, 0.3) is 0 Å². The molecule has 2 unspecified atom stereocenters. The average Bonchev–Trinajstić information content (AvgIpc) is 3.20. The number of carbonyl (C=O) groups excluding carboxylic acids is 1. The van der Waals surface area contributed by atoms with Crippen LogP contribution in [0, 0.1) is 0 Å². The number of quaternary nitrogens is 1. The van der Waals surface area contributed by atoms with Crippen molar-refractivity contribution in [1.29, 1.82) is 0 Å². The van der Waals surface area contributed by atoms with E-state index in [1.165, 1.54) is 128 Å². The summed E-state index contributed by atoms with van der Waals surface area (Å²) in [6.45, 7) is 5.53. The Hall–Kier alpha value is -1.54. The van der Waals surface area contributed by atoms with E-state index < -0.39 is 13.9 Å². The first kappa shape index (κ1) is 58.5. The standard InChI is InChI=1S/C51H96NO7P/c1-6-8-10-12-14-16-18-20-22-24-25-26-27-28-30-32-34-36-38-40-42-44-51(53)59-50(49-58-60(54,55)57-47-45-52(3,4)5)48-56-46-43-41-39-37-35-33-31-29-23-21-19-17-15-13-11-9-7-2/h8,10,14,16,20,22,25-26,50H,6-7,9,11-13,15,17-19,21,23-24,27-49H2,1-5H3/p+1/b10-8-,16-14-,22-20-,26-25-. The molecule has 2 atom stereocenters. The molecule has 0 aliphatic rings. The van der Waals surface area contributed by atoms with Gasteiger partial charge in [0.1, 0.15) is 19.3 Å². The summed E-state index contributed by atoms with van der Waals surface area (Å²) in [6.07, 6.45) is 54.3. The van der Waals surface area contributed by atoms with Gasteiger partial charge in [0, 0.05) is 13.0 Å². The van der Waals surface area contributed by atoms with Crippen molar-refractivity contribution in [2.24, 2.45) is 0 Å². The van der Waals surface area contributed by atoms with Gasteiger partial charge in [-0.2, -0.15) is 0 Å². The van der Waals surface area contributed by atoms with Gasteiger partial charge in [0.25, 0.3) is 0 Å². The molecule has 0 radical (unpaired) electrons. The molecule has 0 amide bonds. The van der Waals surface area contributed by atoms with Gasteiger partial charge in [-0.15, -0.1) is 0 Å². The lowest BCUT2D eigenvalue weighted by molar-refractivity contribution is -0.870. The fourth-order valence-electron chi connectivity index (χ4n) is 6.84. The third kappa shape index (κ3) is 47.5. The van der Waals surface area contributed by atoms with Crippen LogP contribution in [0.15, 0.2) is 48.6 Å². The van der Waals surface area contributed by atoms with E-state index in [0.29, 0.717) is 24.1 Å². The van der Waals surface area contributed by atoms with E-state index >= 15 is 0 Å². The van der Waals surface area contributed by atoms with E-state index in [4.69, 9.17) is 18.5 Å². The maximum atomic E-state index is 12.7. The van der Waals surface area contributed by atoms with Gasteiger partial charge in [0.15, 0.2) is 0 Å². The topological polar surface area (TPSA) is 91.3 Å². The predicted octanol–water partition coefficient (Wildman–Crippen LogP) is 15.1. The van der Waals surface area contributed by atoms with Crippen LogP contribution in [0.1, 0.15) is 213 Å². The van der Waals surface area contributed by atoms with E-state index in [-0.39, 0.29) is 25.8 Å². The molecule has 0 saturated carbocycles. The van der Waals surface area contributed by atoms with Crippen LogP contribution in [-0.4, -0.2) is 75.6 Å².